The Morgan fingerprint density at radius 2 is 1.92 bits per heavy atom. The number of hydrogen-bond acceptors (Lipinski definition) is 3. The summed E-state index contributed by atoms with van der Waals surface area (Å²) in [6, 6.07) is 7.64. The maximum absolute atomic E-state index is 12.5. The summed E-state index contributed by atoms with van der Waals surface area (Å²) in [5, 5.41) is 5.87. The van der Waals surface area contributed by atoms with Gasteiger partial charge in [0.05, 0.1) is 13.1 Å². The molecule has 1 saturated carbocycles. The predicted octanol–water partition coefficient (Wildman–Crippen LogP) is 2.46. The van der Waals surface area contributed by atoms with Crippen molar-refractivity contribution in [1.82, 2.24) is 10.2 Å². The Morgan fingerprint density at radius 3 is 2.54 bits per heavy atom. The molecule has 1 aromatic carbocycles. The molecule has 8 heteroatoms. The lowest BCUT2D eigenvalue weighted by Gasteiger charge is -2.19. The smallest absolute Gasteiger partial charge is 0.325 e. The fourth-order valence-corrected chi connectivity index (χ4v) is 3.48. The van der Waals surface area contributed by atoms with Crippen LogP contribution in [0.3, 0.4) is 0 Å². The van der Waals surface area contributed by atoms with E-state index >= 15 is 0 Å². The Kier molecular flexibility index (Phi) is 6.85. The van der Waals surface area contributed by atoms with E-state index in [0.29, 0.717) is 0 Å². The minimum Gasteiger partial charge on any atom is -0.370 e. The molecule has 0 aromatic heterocycles. The first-order chi connectivity index (χ1) is 12.0. The summed E-state index contributed by atoms with van der Waals surface area (Å²) < 4.78 is 0. The van der Waals surface area contributed by atoms with Gasteiger partial charge in [-0.05, 0) is 37.0 Å². The van der Waals surface area contributed by atoms with Gasteiger partial charge in [0.25, 0.3) is 5.91 Å². The highest BCUT2D eigenvalue weighted by molar-refractivity contribution is 14.0. The molecule has 1 aliphatic carbocycles. The Labute approximate surface area is 170 Å². The summed E-state index contributed by atoms with van der Waals surface area (Å²) in [5.41, 5.74) is 7.33. The molecule has 3 rings (SSSR count). The normalized spacial score (nSPS) is 18.8. The largest absolute Gasteiger partial charge is 0.370 e. The molecule has 142 valence electrons. The highest BCUT2D eigenvalue weighted by atomic mass is 127. The average molecular weight is 471 g/mol. The number of amides is 3. The van der Waals surface area contributed by atoms with Gasteiger partial charge in [-0.15, -0.1) is 24.0 Å². The Bertz CT molecular complexity index is 683. The highest BCUT2D eigenvalue weighted by Crippen LogP contribution is 2.34. The molecule has 4 N–H and O–H groups in total. The van der Waals surface area contributed by atoms with Crippen LogP contribution in [0.25, 0.3) is 0 Å². The first-order valence-electron chi connectivity index (χ1n) is 8.84. The van der Waals surface area contributed by atoms with Gasteiger partial charge in [-0.3, -0.25) is 14.7 Å². The number of carbonyl (C=O) groups is 2. The first-order valence-corrected chi connectivity index (χ1v) is 8.84. The number of guanidine groups is 1. The second-order valence-electron chi connectivity index (χ2n) is 6.62. The van der Waals surface area contributed by atoms with Gasteiger partial charge >= 0.3 is 6.03 Å². The molecule has 7 nitrogen and oxygen atoms in total. The summed E-state index contributed by atoms with van der Waals surface area (Å²) in [6.07, 6.45) is 4.40. The quantitative estimate of drug-likeness (QED) is 0.266. The van der Waals surface area contributed by atoms with Crippen LogP contribution in [0.1, 0.15) is 38.2 Å². The van der Waals surface area contributed by atoms with Gasteiger partial charge in [0, 0.05) is 5.69 Å². The summed E-state index contributed by atoms with van der Waals surface area (Å²) in [5.74, 6) is 0.152. The van der Waals surface area contributed by atoms with Crippen LogP contribution in [-0.4, -0.2) is 41.4 Å². The van der Waals surface area contributed by atoms with E-state index in [4.69, 9.17) is 5.73 Å². The van der Waals surface area contributed by atoms with Crippen molar-refractivity contribution in [2.45, 2.75) is 44.6 Å². The fourth-order valence-electron chi connectivity index (χ4n) is 3.48. The van der Waals surface area contributed by atoms with E-state index in [1.807, 2.05) is 24.3 Å². The fraction of sp³-hybridized carbons (Fsp3) is 0.500. The van der Waals surface area contributed by atoms with Gasteiger partial charge in [-0.2, -0.15) is 0 Å². The predicted molar refractivity (Wildman–Crippen MR) is 113 cm³/mol. The Morgan fingerprint density at radius 1 is 1.27 bits per heavy atom. The van der Waals surface area contributed by atoms with Crippen molar-refractivity contribution in [2.75, 3.05) is 18.4 Å². The second kappa shape index (κ2) is 8.70. The molecule has 2 fully saturated rings. The molecule has 3 amide bonds. The number of imide groups is 1. The molecule has 2 aliphatic rings. The lowest BCUT2D eigenvalue weighted by molar-refractivity contribution is -0.131. The number of carbonyl (C=O) groups excluding carboxylic acids is 2. The molecule has 0 atom stereocenters. The van der Waals surface area contributed by atoms with E-state index in [1.165, 1.54) is 10.5 Å². The second-order valence-corrected chi connectivity index (χ2v) is 6.62. The van der Waals surface area contributed by atoms with Crippen molar-refractivity contribution in [3.05, 3.63) is 29.8 Å². The van der Waals surface area contributed by atoms with Gasteiger partial charge < -0.3 is 16.4 Å². The van der Waals surface area contributed by atoms with Crippen LogP contribution in [-0.2, 0) is 11.2 Å². The number of anilines is 1. The minimum absolute atomic E-state index is 0. The van der Waals surface area contributed by atoms with Gasteiger partial charge in [-0.1, -0.05) is 31.9 Å². The van der Waals surface area contributed by atoms with E-state index in [0.717, 1.165) is 37.8 Å². The Balaban J connectivity index is 0.00000243. The van der Waals surface area contributed by atoms with Gasteiger partial charge in [0.2, 0.25) is 0 Å². The third-order valence-electron chi connectivity index (χ3n) is 4.94. The minimum atomic E-state index is -0.661. The molecule has 0 unspecified atom stereocenters. The third kappa shape index (κ3) is 4.28. The van der Waals surface area contributed by atoms with E-state index in [2.05, 4.69) is 22.5 Å². The van der Waals surface area contributed by atoms with Gasteiger partial charge in [-0.25, -0.2) is 4.79 Å². The number of aryl methyl sites for hydroxylation is 1. The van der Waals surface area contributed by atoms with Crippen molar-refractivity contribution >= 4 is 47.6 Å². The number of nitrogens with two attached hydrogens (primary N) is 1. The molecule has 1 spiro atoms. The number of aliphatic imine (C=N–C) groups is 1. The van der Waals surface area contributed by atoms with Gasteiger partial charge in [0.1, 0.15) is 5.54 Å². The molecule has 1 aliphatic heterocycles. The maximum atomic E-state index is 12.5. The van der Waals surface area contributed by atoms with Crippen LogP contribution in [0.2, 0.25) is 0 Å². The molecule has 26 heavy (non-hydrogen) atoms. The number of hydrogen-bond donors (Lipinski definition) is 3. The number of nitrogens with one attached hydrogen (secondary N) is 2. The summed E-state index contributed by atoms with van der Waals surface area (Å²) in [4.78, 5) is 30.1. The number of nitrogens with zero attached hydrogens (tertiary/aromatic N) is 2. The van der Waals surface area contributed by atoms with Crippen molar-refractivity contribution in [2.24, 2.45) is 10.7 Å². The van der Waals surface area contributed by atoms with Crippen molar-refractivity contribution in [1.29, 1.82) is 0 Å². The molecule has 0 radical (unpaired) electrons. The zero-order valence-corrected chi connectivity index (χ0v) is 17.3. The summed E-state index contributed by atoms with van der Waals surface area (Å²) in [6.45, 7) is 2.62. The molecule has 0 bridgehead atoms. The van der Waals surface area contributed by atoms with Crippen LogP contribution < -0.4 is 16.4 Å². The van der Waals surface area contributed by atoms with E-state index < -0.39 is 5.54 Å². The van der Waals surface area contributed by atoms with Crippen molar-refractivity contribution < 1.29 is 9.59 Å². The SMILES string of the molecule is CCc1ccc(NC(N)=NCCN2C(=O)NC3(CCCC3)C2=O)cc1.I. The number of urea groups is 1. The lowest BCUT2D eigenvalue weighted by Crippen LogP contribution is -2.44. The van der Waals surface area contributed by atoms with Crippen LogP contribution in [0.15, 0.2) is 29.3 Å². The number of rotatable bonds is 5. The van der Waals surface area contributed by atoms with E-state index in [9.17, 15) is 9.59 Å². The van der Waals surface area contributed by atoms with Crippen molar-refractivity contribution in [3.63, 3.8) is 0 Å². The molecular formula is C18H26IN5O2. The number of halogens is 1. The topological polar surface area (TPSA) is 99.8 Å². The van der Waals surface area contributed by atoms with E-state index in [1.54, 1.807) is 0 Å². The van der Waals surface area contributed by atoms with Crippen LogP contribution in [0.5, 0.6) is 0 Å². The molecule has 1 saturated heterocycles. The monoisotopic (exact) mass is 471 g/mol. The standard InChI is InChI=1S/C18H25N5O2.HI/c1-2-13-5-7-14(8-6-13)21-16(19)20-11-12-23-15(24)18(22-17(23)25)9-3-4-10-18;/h5-8H,2-4,9-12H2,1H3,(H,22,25)(H3,19,20,21);1H. The third-order valence-corrected chi connectivity index (χ3v) is 4.94. The maximum Gasteiger partial charge on any atom is 0.325 e. The van der Waals surface area contributed by atoms with Crippen LogP contribution in [0.4, 0.5) is 10.5 Å². The molecule has 1 aromatic rings. The first kappa shape index (κ1) is 20.5. The van der Waals surface area contributed by atoms with E-state index in [-0.39, 0.29) is 55.0 Å². The van der Waals surface area contributed by atoms with Crippen LogP contribution >= 0.6 is 24.0 Å². The average Bonchev–Trinajstić information content (AvgIpc) is 3.16. The summed E-state index contributed by atoms with van der Waals surface area (Å²) >= 11 is 0. The molecule has 1 heterocycles. The molecular weight excluding hydrogens is 445 g/mol. The van der Waals surface area contributed by atoms with Gasteiger partial charge in [0.15, 0.2) is 5.96 Å². The Hall–Kier alpha value is -1.84. The summed E-state index contributed by atoms with van der Waals surface area (Å²) in [7, 11) is 0. The van der Waals surface area contributed by atoms with Crippen LogP contribution in [0, 0.1) is 0 Å². The zero-order chi connectivity index (χ0) is 17.9. The van der Waals surface area contributed by atoms with Crippen molar-refractivity contribution in [3.8, 4) is 0 Å². The number of benzene rings is 1. The lowest BCUT2D eigenvalue weighted by atomic mass is 9.98. The zero-order valence-electron chi connectivity index (χ0n) is 15.0. The highest BCUT2D eigenvalue weighted by Gasteiger charge is 2.52.